The molecule has 0 aliphatic carbocycles. The molecule has 0 saturated carbocycles. The highest BCUT2D eigenvalue weighted by atomic mass is 127. The lowest BCUT2D eigenvalue weighted by Crippen LogP contribution is -2.60. The van der Waals surface area contributed by atoms with Gasteiger partial charge >= 0.3 is 5.97 Å². The first-order valence-electron chi connectivity index (χ1n) is 6.50. The van der Waals surface area contributed by atoms with E-state index in [1.165, 1.54) is 0 Å². The molecule has 0 spiro atoms. The zero-order valence-electron chi connectivity index (χ0n) is 12.6. The van der Waals surface area contributed by atoms with Crippen LogP contribution in [-0.2, 0) is 9.53 Å². The number of halogens is 1. The number of ether oxygens (including phenoxy) is 1. The van der Waals surface area contributed by atoms with E-state index in [1.807, 2.05) is 13.8 Å². The van der Waals surface area contributed by atoms with Crippen molar-refractivity contribution in [2.75, 3.05) is 7.05 Å². The third-order valence-electron chi connectivity index (χ3n) is 4.03. The molecule has 1 aliphatic heterocycles. The lowest BCUT2D eigenvalue weighted by atomic mass is 9.78. The molecular weight excluding hydrogens is 341 g/mol. The summed E-state index contributed by atoms with van der Waals surface area (Å²) in [7, 11) is 2.15. The van der Waals surface area contributed by atoms with Gasteiger partial charge in [0, 0.05) is 23.9 Å². The normalized spacial score (nSPS) is 24.9. The van der Waals surface area contributed by atoms with Gasteiger partial charge in [0.1, 0.15) is 9.53 Å². The number of esters is 1. The third-order valence-corrected chi connectivity index (χ3v) is 4.47. The van der Waals surface area contributed by atoms with Gasteiger partial charge in [0.05, 0.1) is 0 Å². The lowest BCUT2D eigenvalue weighted by molar-refractivity contribution is -0.160. The van der Waals surface area contributed by atoms with Crippen LogP contribution in [0.25, 0.3) is 0 Å². The minimum atomic E-state index is -0.449. The molecule has 18 heavy (non-hydrogen) atoms. The van der Waals surface area contributed by atoms with Crippen molar-refractivity contribution in [3.05, 3.63) is 0 Å². The summed E-state index contributed by atoms with van der Waals surface area (Å²) in [5, 5.41) is 0. The van der Waals surface area contributed by atoms with Crippen LogP contribution < -0.4 is 0 Å². The number of piperidine rings is 1. The van der Waals surface area contributed by atoms with Crippen molar-refractivity contribution in [3.8, 4) is 0 Å². The van der Waals surface area contributed by atoms with Crippen LogP contribution in [0.2, 0.25) is 0 Å². The standard InChI is InChI=1S/C14H26INO2/c1-12(2)8-10(9-13(3,4)16(12)7)18-11(17)14(5,6)15/h10H,8-9H2,1-7H3. The molecule has 0 radical (unpaired) electrons. The van der Waals surface area contributed by atoms with Crippen molar-refractivity contribution in [3.63, 3.8) is 0 Å². The molecule has 3 nitrogen and oxygen atoms in total. The number of alkyl halides is 1. The molecule has 0 aromatic heterocycles. The van der Waals surface area contributed by atoms with Crippen molar-refractivity contribution in [2.45, 2.75) is 75.0 Å². The van der Waals surface area contributed by atoms with E-state index in [0.29, 0.717) is 0 Å². The van der Waals surface area contributed by atoms with E-state index in [2.05, 4.69) is 62.2 Å². The molecule has 1 rings (SSSR count). The summed E-state index contributed by atoms with van der Waals surface area (Å²) in [5.74, 6) is -0.107. The summed E-state index contributed by atoms with van der Waals surface area (Å²) < 4.78 is 5.25. The number of hydrogen-bond acceptors (Lipinski definition) is 3. The molecule has 1 heterocycles. The average molecular weight is 367 g/mol. The van der Waals surface area contributed by atoms with Crippen LogP contribution in [0.1, 0.15) is 54.4 Å². The molecule has 106 valence electrons. The number of nitrogens with zero attached hydrogens (tertiary/aromatic N) is 1. The van der Waals surface area contributed by atoms with Crippen LogP contribution in [0.5, 0.6) is 0 Å². The third kappa shape index (κ3) is 3.59. The number of hydrogen-bond donors (Lipinski definition) is 0. The fourth-order valence-corrected chi connectivity index (χ4v) is 2.78. The molecule has 0 atom stereocenters. The predicted molar refractivity (Wildman–Crippen MR) is 83.1 cm³/mol. The molecule has 0 bridgehead atoms. The summed E-state index contributed by atoms with van der Waals surface area (Å²) in [6.45, 7) is 12.6. The van der Waals surface area contributed by atoms with Gasteiger partial charge in [-0.1, -0.05) is 22.6 Å². The van der Waals surface area contributed by atoms with Gasteiger partial charge in [-0.05, 0) is 48.6 Å². The molecule has 0 N–H and O–H groups in total. The number of likely N-dealkylation sites (tertiary alicyclic amines) is 1. The summed E-state index contributed by atoms with van der Waals surface area (Å²) in [4.78, 5) is 14.4. The van der Waals surface area contributed by atoms with E-state index in [4.69, 9.17) is 4.74 Å². The minimum Gasteiger partial charge on any atom is -0.461 e. The van der Waals surface area contributed by atoms with Gasteiger partial charge in [0.25, 0.3) is 0 Å². The van der Waals surface area contributed by atoms with Crippen LogP contribution in [-0.4, -0.2) is 38.5 Å². The van der Waals surface area contributed by atoms with E-state index in [1.54, 1.807) is 0 Å². The largest absolute Gasteiger partial charge is 0.461 e. The van der Waals surface area contributed by atoms with Gasteiger partial charge in [0.15, 0.2) is 0 Å². The summed E-state index contributed by atoms with van der Waals surface area (Å²) >= 11 is 2.14. The second-order valence-electron chi connectivity index (χ2n) is 7.09. The van der Waals surface area contributed by atoms with Crippen molar-refractivity contribution >= 4 is 28.6 Å². The second kappa shape index (κ2) is 4.93. The molecular formula is C14H26INO2. The van der Waals surface area contributed by atoms with Crippen molar-refractivity contribution < 1.29 is 9.53 Å². The Bertz CT molecular complexity index is 313. The highest BCUT2D eigenvalue weighted by molar-refractivity contribution is 14.1. The van der Waals surface area contributed by atoms with E-state index >= 15 is 0 Å². The van der Waals surface area contributed by atoms with Crippen LogP contribution in [0.4, 0.5) is 0 Å². The Balaban J connectivity index is 2.79. The summed E-state index contributed by atoms with van der Waals surface area (Å²) in [6, 6.07) is 0. The molecule has 0 unspecified atom stereocenters. The zero-order chi connectivity index (χ0) is 14.4. The second-order valence-corrected chi connectivity index (χ2v) is 9.79. The zero-order valence-corrected chi connectivity index (χ0v) is 14.8. The monoisotopic (exact) mass is 367 g/mol. The van der Waals surface area contributed by atoms with Crippen molar-refractivity contribution in [1.29, 1.82) is 0 Å². The summed E-state index contributed by atoms with van der Waals surface area (Å²) in [5.41, 5.74) is 0.115. The molecule has 1 aliphatic rings. The van der Waals surface area contributed by atoms with Crippen LogP contribution >= 0.6 is 22.6 Å². The van der Waals surface area contributed by atoms with E-state index < -0.39 is 3.42 Å². The van der Waals surface area contributed by atoms with Gasteiger partial charge in [-0.25, -0.2) is 0 Å². The Kier molecular flexibility index (Phi) is 4.44. The smallest absolute Gasteiger partial charge is 0.321 e. The van der Waals surface area contributed by atoms with E-state index in [9.17, 15) is 4.79 Å². The van der Waals surface area contributed by atoms with Gasteiger partial charge < -0.3 is 4.74 Å². The molecule has 0 aromatic carbocycles. The Morgan fingerprint density at radius 1 is 1.22 bits per heavy atom. The van der Waals surface area contributed by atoms with Crippen molar-refractivity contribution in [1.82, 2.24) is 4.90 Å². The topological polar surface area (TPSA) is 29.5 Å². The quantitative estimate of drug-likeness (QED) is 0.426. The number of carbonyl (C=O) groups excluding carboxylic acids is 1. The SMILES string of the molecule is CN1C(C)(C)CC(OC(=O)C(C)(C)I)CC1(C)C. The van der Waals surface area contributed by atoms with Gasteiger partial charge in [-0.3, -0.25) is 9.69 Å². The molecule has 0 amide bonds. The summed E-state index contributed by atoms with van der Waals surface area (Å²) in [6.07, 6.45) is 1.81. The molecule has 1 fully saturated rings. The van der Waals surface area contributed by atoms with Gasteiger partial charge in [0.2, 0.25) is 0 Å². The maximum Gasteiger partial charge on any atom is 0.321 e. The lowest BCUT2D eigenvalue weighted by Gasteiger charge is -2.53. The predicted octanol–water partition coefficient (Wildman–Crippen LogP) is 3.39. The highest BCUT2D eigenvalue weighted by Crippen LogP contribution is 2.38. The van der Waals surface area contributed by atoms with Crippen LogP contribution in [0.15, 0.2) is 0 Å². The van der Waals surface area contributed by atoms with Gasteiger partial charge in [-0.15, -0.1) is 0 Å². The van der Waals surface area contributed by atoms with Gasteiger partial charge in [-0.2, -0.15) is 0 Å². The first-order valence-corrected chi connectivity index (χ1v) is 7.58. The number of rotatable bonds is 2. The molecule has 0 aromatic rings. The molecule has 1 saturated heterocycles. The first kappa shape index (κ1) is 16.2. The Hall–Kier alpha value is 0.160. The Morgan fingerprint density at radius 3 is 1.94 bits per heavy atom. The Morgan fingerprint density at radius 2 is 1.61 bits per heavy atom. The average Bonchev–Trinajstić information content (AvgIpc) is 2.11. The fourth-order valence-electron chi connectivity index (χ4n) is 2.65. The minimum absolute atomic E-state index is 0.0211. The van der Waals surface area contributed by atoms with E-state index in [-0.39, 0.29) is 23.2 Å². The first-order chi connectivity index (χ1) is 7.86. The maximum absolute atomic E-state index is 12.0. The van der Waals surface area contributed by atoms with Crippen LogP contribution in [0.3, 0.4) is 0 Å². The number of carbonyl (C=O) groups is 1. The maximum atomic E-state index is 12.0. The fraction of sp³-hybridized carbons (Fsp3) is 0.929. The van der Waals surface area contributed by atoms with E-state index in [0.717, 1.165) is 12.8 Å². The van der Waals surface area contributed by atoms with Crippen molar-refractivity contribution in [2.24, 2.45) is 0 Å². The van der Waals surface area contributed by atoms with Crippen LogP contribution in [0, 0.1) is 0 Å². The molecule has 4 heteroatoms. The highest BCUT2D eigenvalue weighted by Gasteiger charge is 2.45. The Labute approximate surface area is 125 Å².